The number of aromatic nitrogens is 2. The van der Waals surface area contributed by atoms with Gasteiger partial charge < -0.3 is 13.7 Å². The quantitative estimate of drug-likeness (QED) is 0.173. The minimum atomic E-state index is -0.505. The van der Waals surface area contributed by atoms with Crippen molar-refractivity contribution in [3.05, 3.63) is 150 Å². The molecular formula is C49H37N3O2S. The van der Waals surface area contributed by atoms with Gasteiger partial charge in [0.25, 0.3) is 0 Å². The van der Waals surface area contributed by atoms with Gasteiger partial charge in [0.05, 0.1) is 11.2 Å². The lowest BCUT2D eigenvalue weighted by atomic mass is 9.82. The third-order valence-corrected chi connectivity index (χ3v) is 12.1. The van der Waals surface area contributed by atoms with Gasteiger partial charge in [0, 0.05) is 45.0 Å². The van der Waals surface area contributed by atoms with Gasteiger partial charge >= 0.3 is 0 Å². The zero-order valence-corrected chi connectivity index (χ0v) is 31.5. The molecule has 1 aliphatic heterocycles. The molecule has 0 N–H and O–H groups in total. The third kappa shape index (κ3) is 4.61. The first-order chi connectivity index (χ1) is 27.1. The van der Waals surface area contributed by atoms with Crippen molar-refractivity contribution in [1.29, 1.82) is 0 Å². The first kappa shape index (κ1) is 32.3. The maximum absolute atomic E-state index is 7.23. The summed E-state index contributed by atoms with van der Waals surface area (Å²) in [5, 5.41) is 6.83. The topological polar surface area (TPSA) is 55.3 Å². The summed E-state index contributed by atoms with van der Waals surface area (Å²) in [6.45, 7) is 4.50. The van der Waals surface area contributed by atoms with E-state index in [0.29, 0.717) is 11.5 Å². The summed E-state index contributed by atoms with van der Waals surface area (Å²) < 4.78 is 13.9. The minimum Gasteiger partial charge on any atom is -0.453 e. The van der Waals surface area contributed by atoms with E-state index in [4.69, 9.17) is 31.4 Å². The van der Waals surface area contributed by atoms with Crippen LogP contribution in [0.2, 0.25) is 0 Å². The Balaban J connectivity index is 1.29. The fourth-order valence-corrected chi connectivity index (χ4v) is 9.54. The molecule has 6 aromatic carbocycles. The monoisotopic (exact) mass is 731 g/mol. The number of hydrogen-bond acceptors (Lipinski definition) is 6. The van der Waals surface area contributed by atoms with Crippen LogP contribution in [0, 0.1) is 0 Å². The van der Waals surface area contributed by atoms with Crippen LogP contribution in [-0.2, 0) is 12.2 Å². The van der Waals surface area contributed by atoms with Gasteiger partial charge in [0.1, 0.15) is 22.6 Å². The predicted molar refractivity (Wildman–Crippen MR) is 230 cm³/mol. The second-order valence-electron chi connectivity index (χ2n) is 15.0. The van der Waals surface area contributed by atoms with E-state index in [-0.39, 0.29) is 0 Å². The van der Waals surface area contributed by atoms with Crippen molar-refractivity contribution in [1.82, 2.24) is 9.97 Å². The van der Waals surface area contributed by atoms with Crippen molar-refractivity contribution in [2.75, 3.05) is 4.90 Å². The van der Waals surface area contributed by atoms with E-state index >= 15 is 0 Å². The second-order valence-corrected chi connectivity index (χ2v) is 15.3. The van der Waals surface area contributed by atoms with Crippen molar-refractivity contribution in [2.24, 2.45) is 0 Å². The highest BCUT2D eigenvalue weighted by Gasteiger charge is 2.49. The molecule has 0 fully saturated rings. The molecule has 1 aliphatic carbocycles. The van der Waals surface area contributed by atoms with Gasteiger partial charge in [-0.05, 0) is 64.8 Å². The van der Waals surface area contributed by atoms with Gasteiger partial charge in [-0.3, -0.25) is 0 Å². The van der Waals surface area contributed by atoms with Gasteiger partial charge in [-0.1, -0.05) is 128 Å². The number of aryl methyl sites for hydroxylation is 1. The lowest BCUT2D eigenvalue weighted by Gasteiger charge is -2.38. The molecule has 6 heteroatoms. The van der Waals surface area contributed by atoms with E-state index in [0.717, 1.165) is 103 Å². The van der Waals surface area contributed by atoms with Crippen LogP contribution in [0.5, 0.6) is 0 Å². The Bertz CT molecular complexity index is 3100. The summed E-state index contributed by atoms with van der Waals surface area (Å²) in [5.41, 5.74) is 11.0. The number of hydrogen-bond donors (Lipinski definition) is 1. The Morgan fingerprint density at radius 3 is 2.35 bits per heavy atom. The van der Waals surface area contributed by atoms with E-state index in [9.17, 15) is 0 Å². The molecule has 2 aliphatic rings. The predicted octanol–water partition coefficient (Wildman–Crippen LogP) is 13.4. The highest BCUT2D eigenvalue weighted by Crippen LogP contribution is 2.60. The molecule has 0 saturated carbocycles. The second kappa shape index (κ2) is 12.2. The van der Waals surface area contributed by atoms with Gasteiger partial charge in [-0.15, -0.1) is 0 Å². The molecule has 4 heterocycles. The van der Waals surface area contributed by atoms with Crippen molar-refractivity contribution < 1.29 is 8.83 Å². The number of nitrogens with zero attached hydrogens (tertiary/aromatic N) is 3. The lowest BCUT2D eigenvalue weighted by molar-refractivity contribution is 0.530. The molecule has 0 saturated heterocycles. The van der Waals surface area contributed by atoms with Crippen molar-refractivity contribution in [3.63, 3.8) is 0 Å². The fourth-order valence-electron chi connectivity index (χ4n) is 9.22. The average molecular weight is 732 g/mol. The number of allylic oxidation sites excluding steroid dienone is 2. The molecular weight excluding hydrogens is 695 g/mol. The smallest absolute Gasteiger partial charge is 0.247 e. The fraction of sp³-hybridized carbons (Fsp3) is 0.143. The Hall–Kier alpha value is -6.11. The van der Waals surface area contributed by atoms with Crippen LogP contribution < -0.4 is 4.90 Å². The van der Waals surface area contributed by atoms with E-state index in [2.05, 4.69) is 152 Å². The SMILES string of the molecule is CCCc1oc2nc(N3c4c(c5ccccc5c5c4oc4c6ccccc6ccc45)C4=CC=CCC43C)c(-c3cccc(-c4ccccc4)c3)nc2c1CS. The van der Waals surface area contributed by atoms with E-state index in [1.165, 1.54) is 21.9 Å². The Labute approximate surface area is 324 Å². The van der Waals surface area contributed by atoms with E-state index in [1.54, 1.807) is 0 Å². The molecule has 1 unspecified atom stereocenters. The summed E-state index contributed by atoms with van der Waals surface area (Å²) in [6, 6.07) is 40.9. The van der Waals surface area contributed by atoms with Crippen LogP contribution in [0.1, 0.15) is 43.6 Å². The molecule has 266 valence electrons. The highest BCUT2D eigenvalue weighted by molar-refractivity contribution is 7.79. The number of fused-ring (bicyclic) bond motifs is 13. The molecule has 0 spiro atoms. The van der Waals surface area contributed by atoms with Gasteiger partial charge in [-0.2, -0.15) is 17.6 Å². The summed E-state index contributed by atoms with van der Waals surface area (Å²) in [7, 11) is 0. The van der Waals surface area contributed by atoms with Gasteiger partial charge in [0.2, 0.25) is 5.71 Å². The zero-order chi connectivity index (χ0) is 36.8. The van der Waals surface area contributed by atoms with Crippen LogP contribution in [0.4, 0.5) is 11.5 Å². The molecule has 9 aromatic rings. The maximum atomic E-state index is 7.23. The largest absolute Gasteiger partial charge is 0.453 e. The maximum Gasteiger partial charge on any atom is 0.247 e. The minimum absolute atomic E-state index is 0.505. The molecule has 0 amide bonds. The average Bonchev–Trinajstić information content (AvgIpc) is 3.88. The summed E-state index contributed by atoms with van der Waals surface area (Å²) in [6.07, 6.45) is 9.26. The first-order valence-electron chi connectivity index (χ1n) is 19.1. The number of thiol groups is 1. The van der Waals surface area contributed by atoms with E-state index < -0.39 is 5.54 Å². The molecule has 11 rings (SSSR count). The lowest BCUT2D eigenvalue weighted by Crippen LogP contribution is -2.41. The van der Waals surface area contributed by atoms with Crippen molar-refractivity contribution in [3.8, 4) is 22.4 Å². The summed E-state index contributed by atoms with van der Waals surface area (Å²) >= 11 is 4.78. The Morgan fingerprint density at radius 2 is 1.51 bits per heavy atom. The van der Waals surface area contributed by atoms with E-state index in [1.807, 2.05) is 0 Å². The van der Waals surface area contributed by atoms with Crippen LogP contribution in [0.3, 0.4) is 0 Å². The Morgan fingerprint density at radius 1 is 0.745 bits per heavy atom. The molecule has 0 radical (unpaired) electrons. The highest BCUT2D eigenvalue weighted by atomic mass is 32.1. The Kier molecular flexibility index (Phi) is 7.17. The third-order valence-electron chi connectivity index (χ3n) is 11.8. The zero-order valence-electron chi connectivity index (χ0n) is 30.6. The molecule has 3 aromatic heterocycles. The van der Waals surface area contributed by atoms with Crippen LogP contribution in [-0.4, -0.2) is 15.5 Å². The normalized spacial score (nSPS) is 16.5. The first-order valence-corrected chi connectivity index (χ1v) is 19.8. The molecule has 55 heavy (non-hydrogen) atoms. The molecule has 1 atom stereocenters. The standard InChI is InChI=1S/C49H37N3O2S/c1-3-14-39-37(28-55)43-48(53-39)51-47(42(50-43)32-19-13-18-31(27-32)29-15-5-4-6-16-29)52-44-41(38-23-11-12-26-49(38,52)2)35-22-10-9-21-34(35)40-36-25-24-30-17-7-8-20-33(30)45(36)54-46(40)44/h4-13,15-25,27,55H,3,14,26,28H2,1-2H3. The van der Waals surface area contributed by atoms with Gasteiger partial charge in [0.15, 0.2) is 11.4 Å². The van der Waals surface area contributed by atoms with Crippen molar-refractivity contribution in [2.45, 2.75) is 44.4 Å². The van der Waals surface area contributed by atoms with Gasteiger partial charge in [-0.25, -0.2) is 4.98 Å². The number of furan rings is 2. The number of anilines is 2. The van der Waals surface area contributed by atoms with Crippen LogP contribution in [0.15, 0.2) is 142 Å². The molecule has 0 bridgehead atoms. The summed E-state index contributed by atoms with van der Waals surface area (Å²) in [5.74, 6) is 2.16. The number of rotatable bonds is 6. The summed E-state index contributed by atoms with van der Waals surface area (Å²) in [4.78, 5) is 13.5. The number of benzene rings is 6. The van der Waals surface area contributed by atoms with Crippen LogP contribution >= 0.6 is 12.6 Å². The van der Waals surface area contributed by atoms with Crippen molar-refractivity contribution >= 4 is 84.4 Å². The van der Waals surface area contributed by atoms with Crippen LogP contribution in [0.25, 0.3) is 82.7 Å². The molecule has 5 nitrogen and oxygen atoms in total.